The second kappa shape index (κ2) is 3.21. The number of carboxylic acids is 1. The molecule has 0 bridgehead atoms. The minimum absolute atomic E-state index is 0.0249. The smallest absolute Gasteiger partial charge is 0.0751 e. The molecule has 0 spiro atoms. The van der Waals surface area contributed by atoms with E-state index in [2.05, 4.69) is 0 Å². The van der Waals surface area contributed by atoms with Crippen LogP contribution >= 0.6 is 23.2 Å². The molecule has 5 heteroatoms. The highest BCUT2D eigenvalue weighted by Gasteiger charge is 2.08. The molecule has 3 nitrogen and oxygen atoms in total. The molecule has 2 N–H and O–H groups in total. The van der Waals surface area contributed by atoms with Crippen LogP contribution in [0.1, 0.15) is 10.4 Å². The molecule has 0 saturated heterocycles. The number of nitrogen functional groups attached to an aromatic ring is 1. The van der Waals surface area contributed by atoms with Gasteiger partial charge in [0.1, 0.15) is 0 Å². The van der Waals surface area contributed by atoms with Gasteiger partial charge in [-0.1, -0.05) is 23.2 Å². The molecule has 1 aromatic carbocycles. The minimum atomic E-state index is -1.43. The van der Waals surface area contributed by atoms with E-state index in [0.717, 1.165) is 0 Å². The molecule has 0 atom stereocenters. The molecule has 64 valence electrons. The number of anilines is 1. The molecule has 0 aliphatic rings. The molecule has 0 saturated carbocycles. The summed E-state index contributed by atoms with van der Waals surface area (Å²) in [5.74, 6) is -1.43. The number of aromatic carboxylic acids is 1. The van der Waals surface area contributed by atoms with Crippen molar-refractivity contribution in [2.75, 3.05) is 5.73 Å². The number of hydrogen-bond acceptors (Lipinski definition) is 3. The van der Waals surface area contributed by atoms with Gasteiger partial charge in [-0.15, -0.1) is 0 Å². The Morgan fingerprint density at radius 1 is 1.33 bits per heavy atom. The summed E-state index contributed by atoms with van der Waals surface area (Å²) in [6.07, 6.45) is 0. The standard InChI is InChI=1S/C7H5Cl2NO2/c8-3-1-2-4(9)6(10)5(3)7(11)12/h1-2H,10H2,(H,11,12)/p-1. The Morgan fingerprint density at radius 3 is 2.25 bits per heavy atom. The topological polar surface area (TPSA) is 66.2 Å². The number of halogens is 2. The monoisotopic (exact) mass is 204 g/mol. The van der Waals surface area contributed by atoms with Gasteiger partial charge in [0.05, 0.1) is 21.7 Å². The number of carbonyl (C=O) groups excluding carboxylic acids is 1. The van der Waals surface area contributed by atoms with Crippen molar-refractivity contribution in [3.63, 3.8) is 0 Å². The van der Waals surface area contributed by atoms with Gasteiger partial charge in [0.25, 0.3) is 0 Å². The summed E-state index contributed by atoms with van der Waals surface area (Å²) < 4.78 is 0. The lowest BCUT2D eigenvalue weighted by molar-refractivity contribution is -0.254. The molecule has 0 radical (unpaired) electrons. The van der Waals surface area contributed by atoms with E-state index in [0.29, 0.717) is 0 Å². The Morgan fingerprint density at radius 2 is 1.83 bits per heavy atom. The largest absolute Gasteiger partial charge is 0.545 e. The molecule has 0 aliphatic heterocycles. The molecule has 0 fully saturated rings. The van der Waals surface area contributed by atoms with Crippen LogP contribution in [0.25, 0.3) is 0 Å². The maximum atomic E-state index is 10.5. The summed E-state index contributed by atoms with van der Waals surface area (Å²) >= 11 is 11.1. The number of carbonyl (C=O) groups is 1. The Balaban J connectivity index is 3.43. The van der Waals surface area contributed by atoms with E-state index >= 15 is 0 Å². The lowest BCUT2D eigenvalue weighted by atomic mass is 10.2. The summed E-state index contributed by atoms with van der Waals surface area (Å²) in [5, 5.41) is 10.6. The normalized spacial score (nSPS) is 9.83. The van der Waals surface area contributed by atoms with Gasteiger partial charge in [-0.05, 0) is 12.1 Å². The van der Waals surface area contributed by atoms with Crippen LogP contribution in [0.4, 0.5) is 5.69 Å². The van der Waals surface area contributed by atoms with Crippen LogP contribution in [0.15, 0.2) is 12.1 Å². The van der Waals surface area contributed by atoms with Gasteiger partial charge in [-0.2, -0.15) is 0 Å². The second-order valence-corrected chi connectivity index (χ2v) is 2.92. The van der Waals surface area contributed by atoms with Gasteiger partial charge in [0.2, 0.25) is 0 Å². The van der Waals surface area contributed by atoms with Gasteiger partial charge in [0, 0.05) is 5.56 Å². The summed E-state index contributed by atoms with van der Waals surface area (Å²) in [6.45, 7) is 0. The van der Waals surface area contributed by atoms with Gasteiger partial charge in [-0.25, -0.2) is 0 Å². The molecule has 0 unspecified atom stereocenters. The van der Waals surface area contributed by atoms with Crippen LogP contribution in [0.2, 0.25) is 10.0 Å². The fraction of sp³-hybridized carbons (Fsp3) is 0. The number of nitrogens with two attached hydrogens (primary N) is 1. The zero-order valence-corrected chi connectivity index (χ0v) is 7.32. The van der Waals surface area contributed by atoms with Crippen molar-refractivity contribution in [1.29, 1.82) is 0 Å². The van der Waals surface area contributed by atoms with E-state index < -0.39 is 5.97 Å². The van der Waals surface area contributed by atoms with Crippen LogP contribution in [-0.2, 0) is 0 Å². The van der Waals surface area contributed by atoms with Gasteiger partial charge >= 0.3 is 0 Å². The molecule has 0 aromatic heterocycles. The third-order valence-electron chi connectivity index (χ3n) is 1.35. The summed E-state index contributed by atoms with van der Waals surface area (Å²) in [7, 11) is 0. The first-order valence-corrected chi connectivity index (χ1v) is 3.74. The van der Waals surface area contributed by atoms with E-state index in [4.69, 9.17) is 28.9 Å². The van der Waals surface area contributed by atoms with Crippen LogP contribution < -0.4 is 10.8 Å². The van der Waals surface area contributed by atoms with Gasteiger partial charge in [-0.3, -0.25) is 0 Å². The minimum Gasteiger partial charge on any atom is -0.545 e. The SMILES string of the molecule is Nc1c(Cl)ccc(Cl)c1C(=O)[O-]. The quantitative estimate of drug-likeness (QED) is 0.693. The molecule has 1 rings (SSSR count). The van der Waals surface area contributed by atoms with Crippen molar-refractivity contribution in [2.24, 2.45) is 0 Å². The zero-order chi connectivity index (χ0) is 9.30. The summed E-state index contributed by atoms with van der Waals surface area (Å²) in [6, 6.07) is 2.77. The summed E-state index contributed by atoms with van der Waals surface area (Å²) in [5.41, 5.74) is 5.02. The Kier molecular flexibility index (Phi) is 2.45. The highest BCUT2D eigenvalue weighted by Crippen LogP contribution is 2.28. The first-order valence-electron chi connectivity index (χ1n) is 2.99. The Bertz CT molecular complexity index is 338. The maximum absolute atomic E-state index is 10.5. The van der Waals surface area contributed by atoms with Crippen LogP contribution in [0, 0.1) is 0 Å². The van der Waals surface area contributed by atoms with Crippen LogP contribution in [-0.4, -0.2) is 5.97 Å². The van der Waals surface area contributed by atoms with Crippen molar-refractivity contribution in [2.45, 2.75) is 0 Å². The van der Waals surface area contributed by atoms with Crippen LogP contribution in [0.3, 0.4) is 0 Å². The van der Waals surface area contributed by atoms with E-state index in [1.165, 1.54) is 12.1 Å². The first kappa shape index (κ1) is 9.16. The average molecular weight is 205 g/mol. The number of rotatable bonds is 1. The Labute approximate surface area is 78.7 Å². The molecular formula is C7H4Cl2NO2-. The van der Waals surface area contributed by atoms with Crippen molar-refractivity contribution < 1.29 is 9.90 Å². The molecule has 1 aromatic rings. The molecule has 0 amide bonds. The highest BCUT2D eigenvalue weighted by molar-refractivity contribution is 6.37. The predicted octanol–water partition coefficient (Wildman–Crippen LogP) is 0.939. The maximum Gasteiger partial charge on any atom is 0.0751 e. The zero-order valence-electron chi connectivity index (χ0n) is 5.80. The van der Waals surface area contributed by atoms with E-state index in [1.807, 2.05) is 0 Å². The van der Waals surface area contributed by atoms with Crippen molar-refractivity contribution in [3.8, 4) is 0 Å². The second-order valence-electron chi connectivity index (χ2n) is 2.11. The molecule has 0 aliphatic carbocycles. The molecule has 12 heavy (non-hydrogen) atoms. The molecular weight excluding hydrogens is 201 g/mol. The number of carboxylic acid groups (broad SMARTS) is 1. The average Bonchev–Trinajstić information content (AvgIpc) is 1.97. The van der Waals surface area contributed by atoms with E-state index in [9.17, 15) is 9.90 Å². The summed E-state index contributed by atoms with van der Waals surface area (Å²) in [4.78, 5) is 10.5. The lowest BCUT2D eigenvalue weighted by Crippen LogP contribution is -2.24. The fourth-order valence-corrected chi connectivity index (χ4v) is 1.17. The third kappa shape index (κ3) is 1.47. The molecule has 0 heterocycles. The van der Waals surface area contributed by atoms with Gasteiger partial charge < -0.3 is 15.6 Å². The first-order chi connectivity index (χ1) is 5.54. The highest BCUT2D eigenvalue weighted by atomic mass is 35.5. The van der Waals surface area contributed by atoms with Crippen molar-refractivity contribution in [1.82, 2.24) is 0 Å². The van der Waals surface area contributed by atoms with E-state index in [-0.39, 0.29) is 21.3 Å². The van der Waals surface area contributed by atoms with Gasteiger partial charge in [0.15, 0.2) is 0 Å². The predicted molar refractivity (Wildman–Crippen MR) is 45.2 cm³/mol. The Hall–Kier alpha value is -0.930. The number of hydrogen-bond donors (Lipinski definition) is 1. The van der Waals surface area contributed by atoms with Crippen molar-refractivity contribution >= 4 is 34.9 Å². The fourth-order valence-electron chi connectivity index (χ4n) is 0.775. The van der Waals surface area contributed by atoms with Crippen molar-refractivity contribution in [3.05, 3.63) is 27.7 Å². The van der Waals surface area contributed by atoms with Crippen LogP contribution in [0.5, 0.6) is 0 Å². The number of benzene rings is 1. The third-order valence-corrected chi connectivity index (χ3v) is 1.99. The van der Waals surface area contributed by atoms with E-state index in [1.54, 1.807) is 0 Å². The lowest BCUT2D eigenvalue weighted by Gasteiger charge is -2.09.